The summed E-state index contributed by atoms with van der Waals surface area (Å²) in [6.07, 6.45) is 7.23. The van der Waals surface area contributed by atoms with E-state index in [0.29, 0.717) is 0 Å². The molecule has 0 unspecified atom stereocenters. The quantitative estimate of drug-likeness (QED) is 0.521. The number of carbonyl (C=O) groups excluding carboxylic acids is 1. The summed E-state index contributed by atoms with van der Waals surface area (Å²) >= 11 is 2.40. The first kappa shape index (κ1) is 5.80. The first-order chi connectivity index (χ1) is 3.80. The number of allylic oxidation sites excluding steroid dienone is 4. The standard InChI is InChI=1S/C6H4OSe/c7-6(8)5-3-1-2-4-5/h1-4H. The van der Waals surface area contributed by atoms with Crippen LogP contribution in [0.4, 0.5) is 0 Å². The molecule has 1 aliphatic rings. The van der Waals surface area contributed by atoms with Gasteiger partial charge in [0.25, 0.3) is 0 Å². The van der Waals surface area contributed by atoms with Gasteiger partial charge in [-0.3, -0.25) is 0 Å². The van der Waals surface area contributed by atoms with Crippen molar-refractivity contribution in [1.82, 2.24) is 0 Å². The summed E-state index contributed by atoms with van der Waals surface area (Å²) < 4.78 is 0.00926. The fourth-order valence-electron chi connectivity index (χ4n) is 0.510. The summed E-state index contributed by atoms with van der Waals surface area (Å²) in [6.45, 7) is 0. The van der Waals surface area contributed by atoms with Crippen LogP contribution in [0.1, 0.15) is 0 Å². The van der Waals surface area contributed by atoms with E-state index in [1.165, 1.54) is 0 Å². The van der Waals surface area contributed by atoms with E-state index in [1.54, 1.807) is 12.2 Å². The van der Waals surface area contributed by atoms with Crippen molar-refractivity contribution in [1.29, 1.82) is 0 Å². The van der Waals surface area contributed by atoms with Gasteiger partial charge in [-0.2, -0.15) is 0 Å². The van der Waals surface area contributed by atoms with Crippen molar-refractivity contribution in [2.75, 3.05) is 0 Å². The average molecular weight is 171 g/mol. The number of carbonyl (C=O) groups is 1. The summed E-state index contributed by atoms with van der Waals surface area (Å²) in [4.78, 5) is 10.5. The van der Waals surface area contributed by atoms with Crippen LogP contribution in [0.25, 0.3) is 0 Å². The Balaban J connectivity index is 2.72. The SMILES string of the molecule is O=C([Se])C1=C[CH]C=C1. The molecule has 0 saturated heterocycles. The Morgan fingerprint density at radius 1 is 1.62 bits per heavy atom. The molecule has 0 bridgehead atoms. The maximum absolute atomic E-state index is 10.5. The van der Waals surface area contributed by atoms with E-state index in [-0.39, 0.29) is 4.68 Å². The normalized spacial score (nSPS) is 16.2. The maximum atomic E-state index is 10.5. The van der Waals surface area contributed by atoms with Gasteiger partial charge in [0, 0.05) is 0 Å². The molecular formula is C6H4OSe. The number of hydrogen-bond donors (Lipinski definition) is 0. The van der Waals surface area contributed by atoms with Gasteiger partial charge < -0.3 is 0 Å². The molecule has 40 valence electrons. The zero-order chi connectivity index (χ0) is 5.98. The summed E-state index contributed by atoms with van der Waals surface area (Å²) in [5.41, 5.74) is 0.741. The van der Waals surface area contributed by atoms with Crippen LogP contribution in [-0.2, 0) is 4.79 Å². The van der Waals surface area contributed by atoms with Crippen LogP contribution in [0.2, 0.25) is 0 Å². The molecule has 1 nitrogen and oxygen atoms in total. The Morgan fingerprint density at radius 3 is 2.62 bits per heavy atom. The molecule has 0 aromatic rings. The van der Waals surface area contributed by atoms with E-state index in [2.05, 4.69) is 16.0 Å². The fourth-order valence-corrected chi connectivity index (χ4v) is 0.796. The van der Waals surface area contributed by atoms with Gasteiger partial charge in [-0.25, -0.2) is 0 Å². The zero-order valence-corrected chi connectivity index (χ0v) is 5.84. The van der Waals surface area contributed by atoms with Crippen LogP contribution in [-0.4, -0.2) is 20.7 Å². The second-order valence-electron chi connectivity index (χ2n) is 1.46. The van der Waals surface area contributed by atoms with Crippen LogP contribution in [0, 0.1) is 6.42 Å². The summed E-state index contributed by atoms with van der Waals surface area (Å²) in [5, 5.41) is 0. The topological polar surface area (TPSA) is 17.1 Å². The van der Waals surface area contributed by atoms with Crippen molar-refractivity contribution < 1.29 is 4.79 Å². The molecule has 0 aromatic carbocycles. The van der Waals surface area contributed by atoms with Gasteiger partial charge in [0.15, 0.2) is 0 Å². The van der Waals surface area contributed by atoms with Crippen LogP contribution < -0.4 is 0 Å². The Labute approximate surface area is 56.3 Å². The third-order valence-electron chi connectivity index (χ3n) is 0.898. The van der Waals surface area contributed by atoms with Gasteiger partial charge in [0.2, 0.25) is 0 Å². The molecule has 0 spiro atoms. The van der Waals surface area contributed by atoms with Crippen molar-refractivity contribution in [3.8, 4) is 0 Å². The monoisotopic (exact) mass is 172 g/mol. The van der Waals surface area contributed by atoms with Crippen molar-refractivity contribution >= 4 is 20.7 Å². The molecule has 0 saturated carbocycles. The van der Waals surface area contributed by atoms with Crippen molar-refractivity contribution in [2.45, 2.75) is 0 Å². The first-order valence-electron chi connectivity index (χ1n) is 2.24. The molecule has 0 aromatic heterocycles. The molecular weight excluding hydrogens is 167 g/mol. The van der Waals surface area contributed by atoms with E-state index >= 15 is 0 Å². The predicted octanol–water partition coefficient (Wildman–Crippen LogP) is 0.382. The van der Waals surface area contributed by atoms with Crippen LogP contribution in [0.5, 0.6) is 0 Å². The third-order valence-corrected chi connectivity index (χ3v) is 1.39. The van der Waals surface area contributed by atoms with Crippen molar-refractivity contribution in [3.05, 3.63) is 30.2 Å². The molecule has 0 N–H and O–H groups in total. The van der Waals surface area contributed by atoms with Gasteiger partial charge >= 0.3 is 55.7 Å². The van der Waals surface area contributed by atoms with Crippen LogP contribution >= 0.6 is 0 Å². The molecule has 0 amide bonds. The first-order valence-corrected chi connectivity index (χ1v) is 3.09. The second-order valence-corrected chi connectivity index (χ2v) is 2.24. The van der Waals surface area contributed by atoms with E-state index in [1.807, 2.05) is 12.5 Å². The zero-order valence-electron chi connectivity index (χ0n) is 4.13. The average Bonchev–Trinajstić information content (AvgIpc) is 2.12. The molecule has 0 atom stereocenters. The Hall–Kier alpha value is -0.331. The Morgan fingerprint density at radius 2 is 2.38 bits per heavy atom. The van der Waals surface area contributed by atoms with Gasteiger partial charge in [-0.05, 0) is 0 Å². The van der Waals surface area contributed by atoms with Gasteiger partial charge in [0.1, 0.15) is 0 Å². The van der Waals surface area contributed by atoms with E-state index in [9.17, 15) is 4.79 Å². The fraction of sp³-hybridized carbons (Fsp3) is 0. The van der Waals surface area contributed by atoms with Gasteiger partial charge in [0.05, 0.1) is 0 Å². The number of rotatable bonds is 1. The molecule has 2 heteroatoms. The predicted molar refractivity (Wildman–Crippen MR) is 32.3 cm³/mol. The molecule has 0 aliphatic heterocycles. The molecule has 2 radical (unpaired) electrons. The molecule has 1 rings (SSSR count). The Kier molecular flexibility index (Phi) is 1.66. The van der Waals surface area contributed by atoms with Crippen molar-refractivity contribution in [2.24, 2.45) is 0 Å². The van der Waals surface area contributed by atoms with E-state index in [4.69, 9.17) is 0 Å². The van der Waals surface area contributed by atoms with E-state index in [0.717, 1.165) is 5.57 Å². The van der Waals surface area contributed by atoms with Crippen LogP contribution in [0.3, 0.4) is 0 Å². The molecule has 8 heavy (non-hydrogen) atoms. The molecule has 0 heterocycles. The van der Waals surface area contributed by atoms with Gasteiger partial charge in [-0.1, -0.05) is 0 Å². The minimum absolute atomic E-state index is 0.00926. The number of hydrogen-bond acceptors (Lipinski definition) is 1. The van der Waals surface area contributed by atoms with Gasteiger partial charge in [-0.15, -0.1) is 0 Å². The molecule has 0 fully saturated rings. The van der Waals surface area contributed by atoms with E-state index < -0.39 is 0 Å². The summed E-state index contributed by atoms with van der Waals surface area (Å²) in [7, 11) is 0. The second kappa shape index (κ2) is 2.29. The summed E-state index contributed by atoms with van der Waals surface area (Å²) in [6, 6.07) is 0. The third kappa shape index (κ3) is 1.09. The Bertz CT molecular complexity index is 167. The molecule has 1 aliphatic carbocycles. The van der Waals surface area contributed by atoms with Crippen LogP contribution in [0.15, 0.2) is 23.8 Å². The summed E-state index contributed by atoms with van der Waals surface area (Å²) in [5.74, 6) is 0. The van der Waals surface area contributed by atoms with Crippen molar-refractivity contribution in [3.63, 3.8) is 0 Å². The minimum atomic E-state index is 0.00926.